The summed E-state index contributed by atoms with van der Waals surface area (Å²) in [6.07, 6.45) is 9.97. The number of hydrogen-bond acceptors (Lipinski definition) is 1. The Balaban J connectivity index is 1.92. The molecule has 0 amide bonds. The molecule has 0 aromatic carbocycles. The Morgan fingerprint density at radius 2 is 1.93 bits per heavy atom. The summed E-state index contributed by atoms with van der Waals surface area (Å²) in [5.41, 5.74) is -0.190. The third-order valence-electron chi connectivity index (χ3n) is 4.26. The maximum absolute atomic E-state index is 10.4. The number of allylic oxidation sites excluding steroid dienone is 1. The first kappa shape index (κ1) is 11.2. The summed E-state index contributed by atoms with van der Waals surface area (Å²) in [6.45, 7) is 6.75. The Morgan fingerprint density at radius 1 is 1.20 bits per heavy atom. The van der Waals surface area contributed by atoms with Crippen LogP contribution < -0.4 is 0 Å². The summed E-state index contributed by atoms with van der Waals surface area (Å²) < 4.78 is 0. The first-order valence-electron chi connectivity index (χ1n) is 6.37. The molecule has 3 atom stereocenters. The fraction of sp³-hybridized carbons (Fsp3) is 0.857. The summed E-state index contributed by atoms with van der Waals surface area (Å²) in [5.74, 6) is 1.70. The Hall–Kier alpha value is -0.300. The van der Waals surface area contributed by atoms with Crippen molar-refractivity contribution in [2.45, 2.75) is 58.5 Å². The lowest BCUT2D eigenvalue weighted by molar-refractivity contribution is 0.0454. The van der Waals surface area contributed by atoms with Crippen molar-refractivity contribution in [3.8, 4) is 0 Å². The monoisotopic (exact) mass is 208 g/mol. The van der Waals surface area contributed by atoms with Crippen molar-refractivity contribution in [2.75, 3.05) is 0 Å². The van der Waals surface area contributed by atoms with E-state index in [9.17, 15) is 5.11 Å². The van der Waals surface area contributed by atoms with Crippen LogP contribution in [-0.2, 0) is 0 Å². The van der Waals surface area contributed by atoms with Crippen LogP contribution >= 0.6 is 0 Å². The normalized spacial score (nSPS) is 42.9. The highest BCUT2D eigenvalue weighted by molar-refractivity contribution is 5.12. The van der Waals surface area contributed by atoms with Gasteiger partial charge in [-0.1, -0.05) is 39.3 Å². The van der Waals surface area contributed by atoms with Crippen LogP contribution in [0.3, 0.4) is 0 Å². The van der Waals surface area contributed by atoms with Gasteiger partial charge in [-0.15, -0.1) is 0 Å². The van der Waals surface area contributed by atoms with Gasteiger partial charge in [0.2, 0.25) is 0 Å². The van der Waals surface area contributed by atoms with Crippen LogP contribution in [0.25, 0.3) is 0 Å². The number of aliphatic hydroxyl groups is 1. The van der Waals surface area contributed by atoms with Gasteiger partial charge in [-0.05, 0) is 42.9 Å². The first-order chi connectivity index (χ1) is 6.94. The Morgan fingerprint density at radius 3 is 2.40 bits per heavy atom. The molecular formula is C14H24O. The Labute approximate surface area is 93.6 Å². The van der Waals surface area contributed by atoms with Crippen molar-refractivity contribution in [1.29, 1.82) is 0 Å². The minimum Gasteiger partial charge on any atom is -0.386 e. The molecule has 1 unspecified atom stereocenters. The molecule has 2 aliphatic carbocycles. The van der Waals surface area contributed by atoms with E-state index >= 15 is 0 Å². The van der Waals surface area contributed by atoms with E-state index in [0.717, 1.165) is 31.1 Å². The third kappa shape index (κ3) is 2.63. The van der Waals surface area contributed by atoms with Gasteiger partial charge < -0.3 is 5.11 Å². The molecule has 86 valence electrons. The van der Waals surface area contributed by atoms with Gasteiger partial charge in [0, 0.05) is 0 Å². The molecule has 0 heterocycles. The van der Waals surface area contributed by atoms with E-state index < -0.39 is 5.60 Å². The number of rotatable bonds is 3. The van der Waals surface area contributed by atoms with Gasteiger partial charge >= 0.3 is 0 Å². The van der Waals surface area contributed by atoms with Gasteiger partial charge in [0.1, 0.15) is 0 Å². The zero-order valence-electron chi connectivity index (χ0n) is 10.3. The topological polar surface area (TPSA) is 20.2 Å². The maximum Gasteiger partial charge on any atom is 0.0831 e. The van der Waals surface area contributed by atoms with Crippen LogP contribution in [0.1, 0.15) is 52.9 Å². The molecule has 1 heteroatoms. The minimum atomic E-state index is -0.482. The highest BCUT2D eigenvalue weighted by Crippen LogP contribution is 2.48. The lowest BCUT2D eigenvalue weighted by Gasteiger charge is -2.35. The molecule has 0 spiro atoms. The predicted molar refractivity (Wildman–Crippen MR) is 63.6 cm³/mol. The van der Waals surface area contributed by atoms with E-state index in [1.54, 1.807) is 0 Å². The molecule has 15 heavy (non-hydrogen) atoms. The van der Waals surface area contributed by atoms with Crippen LogP contribution in [0.4, 0.5) is 0 Å². The van der Waals surface area contributed by atoms with Crippen LogP contribution in [0.2, 0.25) is 0 Å². The lowest BCUT2D eigenvalue weighted by atomic mass is 9.75. The van der Waals surface area contributed by atoms with Crippen molar-refractivity contribution >= 4 is 0 Å². The Kier molecular flexibility index (Phi) is 2.70. The van der Waals surface area contributed by atoms with Gasteiger partial charge in [-0.2, -0.15) is 0 Å². The summed E-state index contributed by atoms with van der Waals surface area (Å²) in [5, 5.41) is 10.4. The van der Waals surface area contributed by atoms with Crippen LogP contribution in [0.15, 0.2) is 12.2 Å². The quantitative estimate of drug-likeness (QED) is 0.703. The van der Waals surface area contributed by atoms with E-state index in [1.807, 2.05) is 0 Å². The van der Waals surface area contributed by atoms with Gasteiger partial charge in [0.15, 0.2) is 0 Å². The fourth-order valence-electron chi connectivity index (χ4n) is 2.77. The van der Waals surface area contributed by atoms with E-state index in [2.05, 4.69) is 32.9 Å². The summed E-state index contributed by atoms with van der Waals surface area (Å²) in [7, 11) is 0. The van der Waals surface area contributed by atoms with Gasteiger partial charge in [-0.25, -0.2) is 0 Å². The van der Waals surface area contributed by atoms with E-state index in [-0.39, 0.29) is 0 Å². The van der Waals surface area contributed by atoms with Gasteiger partial charge in [0.25, 0.3) is 0 Å². The van der Waals surface area contributed by atoms with Gasteiger partial charge in [-0.3, -0.25) is 0 Å². The molecule has 0 aromatic heterocycles. The van der Waals surface area contributed by atoms with Crippen molar-refractivity contribution < 1.29 is 5.11 Å². The van der Waals surface area contributed by atoms with Crippen molar-refractivity contribution in [2.24, 2.45) is 17.3 Å². The highest BCUT2D eigenvalue weighted by Gasteiger charge is 2.42. The summed E-state index contributed by atoms with van der Waals surface area (Å²) in [4.78, 5) is 0. The highest BCUT2D eigenvalue weighted by atomic mass is 16.3. The smallest absolute Gasteiger partial charge is 0.0831 e. The second kappa shape index (κ2) is 3.62. The molecule has 2 aliphatic rings. The summed E-state index contributed by atoms with van der Waals surface area (Å²) in [6, 6.07) is 0. The molecule has 1 N–H and O–H groups in total. The van der Waals surface area contributed by atoms with E-state index in [4.69, 9.17) is 0 Å². The van der Waals surface area contributed by atoms with Crippen LogP contribution in [0.5, 0.6) is 0 Å². The molecule has 0 radical (unpaired) electrons. The van der Waals surface area contributed by atoms with Crippen molar-refractivity contribution in [3.63, 3.8) is 0 Å². The van der Waals surface area contributed by atoms with E-state index in [1.165, 1.54) is 12.8 Å². The lowest BCUT2D eigenvalue weighted by Crippen LogP contribution is -2.32. The zero-order valence-corrected chi connectivity index (χ0v) is 10.3. The second-order valence-corrected chi connectivity index (χ2v) is 6.29. The fourth-order valence-corrected chi connectivity index (χ4v) is 2.77. The molecule has 0 aromatic rings. The largest absolute Gasteiger partial charge is 0.386 e. The number of hydrogen-bond donors (Lipinski definition) is 1. The molecule has 1 fully saturated rings. The molecular weight excluding hydrogens is 184 g/mol. The minimum absolute atomic E-state index is 0.292. The predicted octanol–water partition coefficient (Wildman–Crippen LogP) is 3.53. The molecule has 0 bridgehead atoms. The standard InChI is InChI=1S/C14H24O/c1-4-11-9-12(11)10-14(15)7-5-13(2,3)6-8-14/h5,7,11-12,15H,4,6,8-10H2,1-3H3/t11-,12+,14?/m1/s1. The van der Waals surface area contributed by atoms with Crippen molar-refractivity contribution in [1.82, 2.24) is 0 Å². The molecule has 1 saturated carbocycles. The third-order valence-corrected chi connectivity index (χ3v) is 4.26. The van der Waals surface area contributed by atoms with Crippen LogP contribution in [-0.4, -0.2) is 10.7 Å². The molecule has 2 rings (SSSR count). The average molecular weight is 208 g/mol. The molecule has 0 saturated heterocycles. The SMILES string of the molecule is CC[C@@H]1C[C@H]1CC1(O)C=CC(C)(C)CC1. The second-order valence-electron chi connectivity index (χ2n) is 6.29. The first-order valence-corrected chi connectivity index (χ1v) is 6.37. The summed E-state index contributed by atoms with van der Waals surface area (Å²) >= 11 is 0. The molecule has 0 aliphatic heterocycles. The maximum atomic E-state index is 10.4. The van der Waals surface area contributed by atoms with Gasteiger partial charge in [0.05, 0.1) is 5.60 Å². The van der Waals surface area contributed by atoms with E-state index in [0.29, 0.717) is 5.41 Å². The zero-order chi connectivity index (χ0) is 11.1. The van der Waals surface area contributed by atoms with Crippen molar-refractivity contribution in [3.05, 3.63) is 12.2 Å². The van der Waals surface area contributed by atoms with Crippen LogP contribution in [0, 0.1) is 17.3 Å². The Bertz CT molecular complexity index is 267. The average Bonchev–Trinajstić information content (AvgIpc) is 2.90. The molecule has 1 nitrogen and oxygen atoms in total.